The largest absolute Gasteiger partial charge is 0.465 e. The number of nitrogens with zero attached hydrogens (tertiary/aromatic N) is 1. The molecule has 2 aromatic carbocycles. The van der Waals surface area contributed by atoms with E-state index in [1.54, 1.807) is 50.6 Å². The molecule has 1 atom stereocenters. The molecule has 1 N–H and O–H groups in total. The highest BCUT2D eigenvalue weighted by molar-refractivity contribution is 7.92. The summed E-state index contributed by atoms with van der Waals surface area (Å²) < 4.78 is 49.3. The topological polar surface area (TPSA) is 104 Å². The molecule has 38 heavy (non-hydrogen) atoms. The van der Waals surface area contributed by atoms with Crippen LogP contribution in [0.4, 0.5) is 4.39 Å². The molecule has 1 heterocycles. The van der Waals surface area contributed by atoms with Crippen molar-refractivity contribution >= 4 is 26.6 Å². The van der Waals surface area contributed by atoms with Crippen LogP contribution < -0.4 is 10.9 Å². The summed E-state index contributed by atoms with van der Waals surface area (Å²) in [5.74, 6) is -1.19. The number of rotatable bonds is 13. The maximum absolute atomic E-state index is 14.9. The Kier molecular flexibility index (Phi) is 9.81. The van der Waals surface area contributed by atoms with Crippen molar-refractivity contribution in [3.8, 4) is 11.1 Å². The van der Waals surface area contributed by atoms with Crippen LogP contribution in [0.15, 0.2) is 53.5 Å². The third-order valence-electron chi connectivity index (χ3n) is 6.71. The van der Waals surface area contributed by atoms with Crippen LogP contribution in [0.25, 0.3) is 21.9 Å². The molecule has 0 aliphatic heterocycles. The fourth-order valence-corrected chi connectivity index (χ4v) is 4.99. The molecule has 3 rings (SSSR count). The number of aryl methyl sites for hydroxylation is 1. The number of hydrogen-bond donors (Lipinski definition) is 1. The van der Waals surface area contributed by atoms with Crippen molar-refractivity contribution in [1.29, 1.82) is 0 Å². The number of aromatic nitrogens is 1. The van der Waals surface area contributed by atoms with Crippen LogP contribution >= 0.6 is 0 Å². The number of carbonyl (C=O) groups is 1. The van der Waals surface area contributed by atoms with E-state index in [2.05, 4.69) is 5.32 Å². The number of ether oxygens (including phenoxy) is 2. The highest BCUT2D eigenvalue weighted by Crippen LogP contribution is 2.27. The standard InChI is InChI=1S/C28H35FN2O6S/c1-5-37-27(33)28(2,38(4,34)35)12-15-31-14-11-22-18-21(8-10-24(22)26(31)32)23-9-7-20(17-25(23)29)19-30-13-6-16-36-3/h7-11,14,17-18,30H,5-6,12-13,15-16,19H2,1-4H3/t28-/m1/s1. The molecule has 0 bridgehead atoms. The molecule has 0 radical (unpaired) electrons. The van der Waals surface area contributed by atoms with E-state index in [9.17, 15) is 22.4 Å². The average molecular weight is 547 g/mol. The van der Waals surface area contributed by atoms with E-state index in [-0.39, 0.29) is 30.9 Å². The van der Waals surface area contributed by atoms with Gasteiger partial charge >= 0.3 is 5.97 Å². The molecule has 0 fully saturated rings. The van der Waals surface area contributed by atoms with E-state index in [0.717, 1.165) is 24.8 Å². The zero-order valence-corrected chi connectivity index (χ0v) is 23.1. The van der Waals surface area contributed by atoms with E-state index >= 15 is 0 Å². The van der Waals surface area contributed by atoms with Crippen molar-refractivity contribution in [2.45, 2.75) is 44.5 Å². The van der Waals surface area contributed by atoms with E-state index < -0.39 is 20.6 Å². The molecule has 206 valence electrons. The first-order valence-corrected chi connectivity index (χ1v) is 14.4. The summed E-state index contributed by atoms with van der Waals surface area (Å²) in [6, 6.07) is 11.9. The van der Waals surface area contributed by atoms with Gasteiger partial charge in [0, 0.05) is 50.2 Å². The lowest BCUT2D eigenvalue weighted by Gasteiger charge is -2.25. The zero-order chi connectivity index (χ0) is 27.9. The van der Waals surface area contributed by atoms with Crippen LogP contribution in [0, 0.1) is 5.82 Å². The summed E-state index contributed by atoms with van der Waals surface area (Å²) in [5, 5.41) is 4.29. The van der Waals surface area contributed by atoms with E-state index in [1.807, 2.05) is 6.07 Å². The fraction of sp³-hybridized carbons (Fsp3) is 0.429. The Labute approximate surface area is 222 Å². The molecule has 10 heteroatoms. The van der Waals surface area contributed by atoms with Crippen LogP contribution in [-0.2, 0) is 37.2 Å². The minimum absolute atomic E-state index is 0.00844. The highest BCUT2D eigenvalue weighted by Gasteiger charge is 2.44. The van der Waals surface area contributed by atoms with Gasteiger partial charge in [0.15, 0.2) is 14.6 Å². The summed E-state index contributed by atoms with van der Waals surface area (Å²) in [5.41, 5.74) is 1.57. The number of fused-ring (bicyclic) bond motifs is 1. The van der Waals surface area contributed by atoms with Gasteiger partial charge < -0.3 is 19.4 Å². The summed E-state index contributed by atoms with van der Waals surface area (Å²) in [6.45, 7) is 4.97. The molecule has 0 unspecified atom stereocenters. The third kappa shape index (κ3) is 6.67. The van der Waals surface area contributed by atoms with Crippen molar-refractivity contribution in [3.63, 3.8) is 0 Å². The van der Waals surface area contributed by atoms with Crippen molar-refractivity contribution in [2.75, 3.05) is 33.1 Å². The number of halogens is 1. The smallest absolute Gasteiger partial charge is 0.327 e. The van der Waals surface area contributed by atoms with E-state index in [0.29, 0.717) is 35.1 Å². The normalized spacial score (nSPS) is 13.4. The summed E-state index contributed by atoms with van der Waals surface area (Å²) in [4.78, 5) is 25.5. The molecule has 0 saturated carbocycles. The average Bonchev–Trinajstić information content (AvgIpc) is 2.87. The second-order valence-corrected chi connectivity index (χ2v) is 11.9. The lowest BCUT2D eigenvalue weighted by molar-refractivity contribution is -0.146. The van der Waals surface area contributed by atoms with Gasteiger partial charge in [-0.25, -0.2) is 12.8 Å². The Morgan fingerprint density at radius 2 is 1.92 bits per heavy atom. The van der Waals surface area contributed by atoms with Gasteiger partial charge in [-0.05, 0) is 74.0 Å². The van der Waals surface area contributed by atoms with Crippen LogP contribution in [-0.4, -0.2) is 56.8 Å². The molecular formula is C28H35FN2O6S. The SMILES string of the molecule is CCOC(=O)[C@@](C)(CCn1ccc2cc(-c3ccc(CNCCCOC)cc3F)ccc2c1=O)S(C)(=O)=O. The summed E-state index contributed by atoms with van der Waals surface area (Å²) in [7, 11) is -2.14. The van der Waals surface area contributed by atoms with Crippen molar-refractivity contribution in [2.24, 2.45) is 0 Å². The number of sulfone groups is 1. The maximum atomic E-state index is 14.9. The summed E-state index contributed by atoms with van der Waals surface area (Å²) in [6.07, 6.45) is 3.29. The quantitative estimate of drug-likeness (QED) is 0.258. The number of nitrogens with one attached hydrogen (secondary N) is 1. The van der Waals surface area contributed by atoms with Gasteiger partial charge in [0.1, 0.15) is 5.82 Å². The first kappa shape index (κ1) is 29.5. The second-order valence-electron chi connectivity index (χ2n) is 9.43. The number of pyridine rings is 1. The highest BCUT2D eigenvalue weighted by atomic mass is 32.2. The Hall–Kier alpha value is -3.08. The van der Waals surface area contributed by atoms with Gasteiger partial charge in [-0.1, -0.05) is 18.2 Å². The van der Waals surface area contributed by atoms with Gasteiger partial charge in [-0.2, -0.15) is 0 Å². The van der Waals surface area contributed by atoms with Crippen molar-refractivity contribution in [1.82, 2.24) is 9.88 Å². The lowest BCUT2D eigenvalue weighted by atomic mass is 10.00. The van der Waals surface area contributed by atoms with Crippen LogP contribution in [0.3, 0.4) is 0 Å². The zero-order valence-electron chi connectivity index (χ0n) is 22.3. The lowest BCUT2D eigenvalue weighted by Crippen LogP contribution is -2.45. The molecule has 0 aliphatic carbocycles. The number of hydrogen-bond acceptors (Lipinski definition) is 7. The molecule has 8 nitrogen and oxygen atoms in total. The maximum Gasteiger partial charge on any atom is 0.327 e. The molecule has 0 spiro atoms. The van der Waals surface area contributed by atoms with Crippen molar-refractivity contribution in [3.05, 3.63) is 70.4 Å². The molecular weight excluding hydrogens is 511 g/mol. The molecule has 3 aromatic rings. The first-order valence-electron chi connectivity index (χ1n) is 12.5. The molecule has 1 aromatic heterocycles. The summed E-state index contributed by atoms with van der Waals surface area (Å²) >= 11 is 0. The van der Waals surface area contributed by atoms with Gasteiger partial charge in [0.05, 0.1) is 6.61 Å². The van der Waals surface area contributed by atoms with Crippen LogP contribution in [0.2, 0.25) is 0 Å². The van der Waals surface area contributed by atoms with E-state index in [1.165, 1.54) is 17.6 Å². The number of esters is 1. The first-order chi connectivity index (χ1) is 18.0. The number of carbonyl (C=O) groups excluding carboxylic acids is 1. The number of benzene rings is 2. The predicted molar refractivity (Wildman–Crippen MR) is 146 cm³/mol. The van der Waals surface area contributed by atoms with Crippen molar-refractivity contribution < 1.29 is 27.1 Å². The van der Waals surface area contributed by atoms with Crippen LogP contribution in [0.5, 0.6) is 0 Å². The minimum Gasteiger partial charge on any atom is -0.465 e. The Morgan fingerprint density at radius 3 is 2.58 bits per heavy atom. The Balaban J connectivity index is 1.80. The molecule has 0 aliphatic rings. The van der Waals surface area contributed by atoms with E-state index in [4.69, 9.17) is 9.47 Å². The molecule has 0 saturated heterocycles. The van der Waals surface area contributed by atoms with Gasteiger partial charge in [-0.15, -0.1) is 0 Å². The van der Waals surface area contributed by atoms with Gasteiger partial charge in [0.25, 0.3) is 5.56 Å². The Bertz CT molecular complexity index is 1450. The monoisotopic (exact) mass is 546 g/mol. The third-order valence-corrected chi connectivity index (χ3v) is 8.72. The van der Waals surface area contributed by atoms with Gasteiger partial charge in [-0.3, -0.25) is 9.59 Å². The minimum atomic E-state index is -3.80. The fourth-order valence-electron chi connectivity index (χ4n) is 4.16. The van der Waals surface area contributed by atoms with Gasteiger partial charge in [0.2, 0.25) is 0 Å². The number of methoxy groups -OCH3 is 1. The second kappa shape index (κ2) is 12.6. The Morgan fingerprint density at radius 1 is 1.16 bits per heavy atom. The molecule has 0 amide bonds. The van der Waals surface area contributed by atoms with Crippen LogP contribution in [0.1, 0.15) is 32.3 Å². The predicted octanol–water partition coefficient (Wildman–Crippen LogP) is 3.69.